The molecule has 0 aliphatic carbocycles. The molecule has 0 saturated carbocycles. The molecule has 0 radical (unpaired) electrons. The van der Waals surface area contributed by atoms with Gasteiger partial charge < -0.3 is 20.7 Å². The van der Waals surface area contributed by atoms with Crippen LogP contribution in [0.25, 0.3) is 0 Å². The predicted molar refractivity (Wildman–Crippen MR) is 116 cm³/mol. The minimum atomic E-state index is -0.818. The fraction of sp³-hybridized carbons (Fsp3) is 0.348. The summed E-state index contributed by atoms with van der Waals surface area (Å²) in [6.45, 7) is 5.81. The van der Waals surface area contributed by atoms with Gasteiger partial charge >= 0.3 is 11.8 Å². The van der Waals surface area contributed by atoms with Gasteiger partial charge in [0.2, 0.25) is 0 Å². The molecule has 0 aliphatic heterocycles. The van der Waals surface area contributed by atoms with Crippen molar-refractivity contribution in [3.05, 3.63) is 65.2 Å². The third kappa shape index (κ3) is 7.33. The zero-order valence-electron chi connectivity index (χ0n) is 17.5. The standard InChI is InChI=1S/C23H29N3O4/c1-3-17-10-12-18(13-11-17)16-25-21(27)19-8-5-6-9-20(19)26-23(29)22(28)24-14-7-15-30-4-2/h5-6,8-13H,3-4,7,14-16H2,1-2H3,(H,24,28)(H,25,27)(H,26,29). The summed E-state index contributed by atoms with van der Waals surface area (Å²) in [7, 11) is 0. The molecule has 3 amide bonds. The first-order chi connectivity index (χ1) is 14.5. The van der Waals surface area contributed by atoms with Crippen LogP contribution >= 0.6 is 0 Å². The highest BCUT2D eigenvalue weighted by Crippen LogP contribution is 2.15. The van der Waals surface area contributed by atoms with E-state index in [1.165, 1.54) is 5.56 Å². The van der Waals surface area contributed by atoms with E-state index in [0.29, 0.717) is 38.3 Å². The van der Waals surface area contributed by atoms with Crippen molar-refractivity contribution in [1.29, 1.82) is 0 Å². The van der Waals surface area contributed by atoms with Gasteiger partial charge in [0.1, 0.15) is 0 Å². The lowest BCUT2D eigenvalue weighted by Gasteiger charge is -2.12. The van der Waals surface area contributed by atoms with Gasteiger partial charge in [-0.2, -0.15) is 0 Å². The topological polar surface area (TPSA) is 96.5 Å². The van der Waals surface area contributed by atoms with Crippen LogP contribution in [-0.4, -0.2) is 37.5 Å². The summed E-state index contributed by atoms with van der Waals surface area (Å²) in [6, 6.07) is 14.6. The molecule has 160 valence electrons. The van der Waals surface area contributed by atoms with Crippen molar-refractivity contribution in [1.82, 2.24) is 10.6 Å². The fourth-order valence-electron chi connectivity index (χ4n) is 2.74. The van der Waals surface area contributed by atoms with Gasteiger partial charge in [0.25, 0.3) is 5.91 Å². The molecule has 0 atom stereocenters. The van der Waals surface area contributed by atoms with Crippen LogP contribution in [0.2, 0.25) is 0 Å². The quantitative estimate of drug-likeness (QED) is 0.414. The third-order valence-electron chi connectivity index (χ3n) is 4.47. The lowest BCUT2D eigenvalue weighted by atomic mass is 10.1. The van der Waals surface area contributed by atoms with E-state index >= 15 is 0 Å². The van der Waals surface area contributed by atoms with Gasteiger partial charge in [-0.15, -0.1) is 0 Å². The smallest absolute Gasteiger partial charge is 0.313 e. The normalized spacial score (nSPS) is 10.3. The average molecular weight is 412 g/mol. The highest BCUT2D eigenvalue weighted by Gasteiger charge is 2.17. The second-order valence-corrected chi connectivity index (χ2v) is 6.66. The molecule has 0 aromatic heterocycles. The Morgan fingerprint density at radius 2 is 1.57 bits per heavy atom. The van der Waals surface area contributed by atoms with E-state index in [4.69, 9.17) is 4.74 Å². The molecule has 2 aromatic carbocycles. The van der Waals surface area contributed by atoms with Crippen LogP contribution in [0, 0.1) is 0 Å². The first kappa shape index (κ1) is 23.1. The van der Waals surface area contributed by atoms with Crippen molar-refractivity contribution < 1.29 is 19.1 Å². The Hall–Kier alpha value is -3.19. The molecule has 2 aromatic rings. The van der Waals surface area contributed by atoms with Gasteiger partial charge in [-0.05, 0) is 43.0 Å². The Morgan fingerprint density at radius 1 is 0.867 bits per heavy atom. The molecule has 0 fully saturated rings. The molecule has 7 heteroatoms. The predicted octanol–water partition coefficient (Wildman–Crippen LogP) is 2.66. The Bertz CT molecular complexity index is 850. The SMILES string of the molecule is CCOCCCNC(=O)C(=O)Nc1ccccc1C(=O)NCc1ccc(CC)cc1. The summed E-state index contributed by atoms with van der Waals surface area (Å²) >= 11 is 0. The number of ether oxygens (including phenoxy) is 1. The van der Waals surface area contributed by atoms with Crippen LogP contribution in [0.5, 0.6) is 0 Å². The Labute approximate surface area is 177 Å². The lowest BCUT2D eigenvalue weighted by Crippen LogP contribution is -2.36. The molecular weight excluding hydrogens is 382 g/mol. The number of para-hydroxylation sites is 1. The van der Waals surface area contributed by atoms with Crippen molar-refractivity contribution in [2.24, 2.45) is 0 Å². The maximum atomic E-state index is 12.6. The van der Waals surface area contributed by atoms with E-state index in [-0.39, 0.29) is 11.6 Å². The molecule has 0 unspecified atom stereocenters. The number of benzene rings is 2. The Morgan fingerprint density at radius 3 is 2.27 bits per heavy atom. The number of hydrogen-bond acceptors (Lipinski definition) is 4. The summed E-state index contributed by atoms with van der Waals surface area (Å²) in [5, 5.41) is 7.89. The first-order valence-electron chi connectivity index (χ1n) is 10.2. The number of carbonyl (C=O) groups excluding carboxylic acids is 3. The summed E-state index contributed by atoms with van der Waals surface area (Å²) < 4.78 is 5.18. The van der Waals surface area contributed by atoms with Crippen LogP contribution < -0.4 is 16.0 Å². The molecule has 0 spiro atoms. The van der Waals surface area contributed by atoms with Crippen molar-refractivity contribution in [3.63, 3.8) is 0 Å². The first-order valence-corrected chi connectivity index (χ1v) is 10.2. The molecule has 0 heterocycles. The summed E-state index contributed by atoms with van der Waals surface area (Å²) in [5.74, 6) is -1.90. The molecular formula is C23H29N3O4. The highest BCUT2D eigenvalue weighted by atomic mass is 16.5. The van der Waals surface area contributed by atoms with Gasteiger partial charge in [-0.1, -0.05) is 43.3 Å². The number of rotatable bonds is 10. The van der Waals surface area contributed by atoms with E-state index in [9.17, 15) is 14.4 Å². The monoisotopic (exact) mass is 411 g/mol. The zero-order valence-corrected chi connectivity index (χ0v) is 17.5. The van der Waals surface area contributed by atoms with Gasteiger partial charge in [-0.25, -0.2) is 0 Å². The van der Waals surface area contributed by atoms with Crippen LogP contribution in [0.1, 0.15) is 41.8 Å². The lowest BCUT2D eigenvalue weighted by molar-refractivity contribution is -0.136. The van der Waals surface area contributed by atoms with Crippen LogP contribution in [0.3, 0.4) is 0 Å². The van der Waals surface area contributed by atoms with E-state index in [1.807, 2.05) is 31.2 Å². The molecule has 0 bridgehead atoms. The maximum Gasteiger partial charge on any atom is 0.313 e. The Balaban J connectivity index is 1.91. The van der Waals surface area contributed by atoms with E-state index in [2.05, 4.69) is 22.9 Å². The Kier molecular flexibility index (Phi) is 9.54. The molecule has 2 rings (SSSR count). The second kappa shape index (κ2) is 12.4. The van der Waals surface area contributed by atoms with E-state index in [0.717, 1.165) is 12.0 Å². The van der Waals surface area contributed by atoms with Crippen molar-refractivity contribution >= 4 is 23.4 Å². The maximum absolute atomic E-state index is 12.6. The average Bonchev–Trinajstić information content (AvgIpc) is 2.77. The highest BCUT2D eigenvalue weighted by molar-refractivity contribution is 6.40. The number of nitrogens with one attached hydrogen (secondary N) is 3. The van der Waals surface area contributed by atoms with Crippen molar-refractivity contribution in [3.8, 4) is 0 Å². The van der Waals surface area contributed by atoms with Crippen molar-refractivity contribution in [2.45, 2.75) is 33.2 Å². The van der Waals surface area contributed by atoms with Gasteiger partial charge in [0.05, 0.1) is 11.3 Å². The second-order valence-electron chi connectivity index (χ2n) is 6.66. The zero-order chi connectivity index (χ0) is 21.8. The van der Waals surface area contributed by atoms with Gasteiger partial charge in [0, 0.05) is 26.3 Å². The van der Waals surface area contributed by atoms with E-state index in [1.54, 1.807) is 24.3 Å². The van der Waals surface area contributed by atoms with Crippen LogP contribution in [-0.2, 0) is 27.3 Å². The molecule has 30 heavy (non-hydrogen) atoms. The van der Waals surface area contributed by atoms with E-state index < -0.39 is 11.8 Å². The fourth-order valence-corrected chi connectivity index (χ4v) is 2.74. The van der Waals surface area contributed by atoms with Crippen LogP contribution in [0.4, 0.5) is 5.69 Å². The molecule has 3 N–H and O–H groups in total. The number of hydrogen-bond donors (Lipinski definition) is 3. The minimum Gasteiger partial charge on any atom is -0.382 e. The molecule has 0 saturated heterocycles. The van der Waals surface area contributed by atoms with Gasteiger partial charge in [-0.3, -0.25) is 14.4 Å². The molecule has 7 nitrogen and oxygen atoms in total. The number of amides is 3. The largest absolute Gasteiger partial charge is 0.382 e. The third-order valence-corrected chi connectivity index (χ3v) is 4.47. The summed E-state index contributed by atoms with van der Waals surface area (Å²) in [4.78, 5) is 36.7. The van der Waals surface area contributed by atoms with Crippen LogP contribution in [0.15, 0.2) is 48.5 Å². The summed E-state index contributed by atoms with van der Waals surface area (Å²) in [5.41, 5.74) is 2.79. The number of anilines is 1. The molecule has 0 aliphatic rings. The minimum absolute atomic E-state index is 0.283. The van der Waals surface area contributed by atoms with Gasteiger partial charge in [0.15, 0.2) is 0 Å². The van der Waals surface area contributed by atoms with Crippen molar-refractivity contribution in [2.75, 3.05) is 25.1 Å². The summed E-state index contributed by atoms with van der Waals surface area (Å²) in [6.07, 6.45) is 1.57. The number of carbonyl (C=O) groups is 3. The number of aryl methyl sites for hydroxylation is 1.